The highest BCUT2D eigenvalue weighted by atomic mass is 16.5. The average molecular weight is 242 g/mol. The molecule has 0 aliphatic heterocycles. The minimum atomic E-state index is -0.229. The van der Waals surface area contributed by atoms with Crippen LogP contribution in [0.5, 0.6) is 5.75 Å². The number of ether oxygens (including phenoxy) is 1. The molecule has 2 heteroatoms. The zero-order valence-corrected chi connectivity index (χ0v) is 11.3. The maximum Gasteiger partial charge on any atom is 0.159 e. The highest BCUT2D eigenvalue weighted by molar-refractivity contribution is 5.99. The molecule has 94 valence electrons. The third kappa shape index (κ3) is 2.70. The predicted molar refractivity (Wildman–Crippen MR) is 74.3 cm³/mol. The molecule has 0 saturated carbocycles. The molecule has 2 rings (SSSR count). The molecule has 0 radical (unpaired) electrons. The summed E-state index contributed by atoms with van der Waals surface area (Å²) in [6.45, 7) is 7.65. The van der Waals surface area contributed by atoms with Gasteiger partial charge in [-0.1, -0.05) is 18.2 Å². The van der Waals surface area contributed by atoms with Crippen molar-refractivity contribution in [1.29, 1.82) is 0 Å². The number of hydrogen-bond donors (Lipinski definition) is 0. The summed E-state index contributed by atoms with van der Waals surface area (Å²) in [7, 11) is 0. The van der Waals surface area contributed by atoms with E-state index in [0.717, 1.165) is 22.1 Å². The highest BCUT2D eigenvalue weighted by Crippen LogP contribution is 2.29. The number of hydrogen-bond acceptors (Lipinski definition) is 2. The summed E-state index contributed by atoms with van der Waals surface area (Å²) in [6, 6.07) is 11.6. The summed E-state index contributed by atoms with van der Waals surface area (Å²) in [6.07, 6.45) is 0. The topological polar surface area (TPSA) is 26.3 Å². The van der Waals surface area contributed by atoms with Crippen LogP contribution in [0.3, 0.4) is 0 Å². The lowest BCUT2D eigenvalue weighted by Crippen LogP contribution is -2.23. The van der Waals surface area contributed by atoms with E-state index in [-0.39, 0.29) is 11.4 Å². The van der Waals surface area contributed by atoms with Gasteiger partial charge < -0.3 is 4.74 Å². The first-order chi connectivity index (χ1) is 8.37. The molecule has 2 aromatic carbocycles. The largest absolute Gasteiger partial charge is 0.488 e. The number of carbonyl (C=O) groups is 1. The second-order valence-electron chi connectivity index (χ2n) is 5.46. The molecule has 0 unspecified atom stereocenters. The van der Waals surface area contributed by atoms with Gasteiger partial charge in [-0.3, -0.25) is 4.79 Å². The van der Waals surface area contributed by atoms with E-state index in [1.165, 1.54) is 0 Å². The van der Waals surface area contributed by atoms with Gasteiger partial charge in [0.2, 0.25) is 0 Å². The van der Waals surface area contributed by atoms with Crippen molar-refractivity contribution in [3.8, 4) is 5.75 Å². The molecule has 0 bridgehead atoms. The van der Waals surface area contributed by atoms with Crippen LogP contribution in [-0.4, -0.2) is 11.4 Å². The first-order valence-corrected chi connectivity index (χ1v) is 6.09. The second kappa shape index (κ2) is 4.45. The van der Waals surface area contributed by atoms with Crippen molar-refractivity contribution in [2.45, 2.75) is 33.3 Å². The van der Waals surface area contributed by atoms with Crippen LogP contribution >= 0.6 is 0 Å². The van der Waals surface area contributed by atoms with Crippen LogP contribution in [0.1, 0.15) is 38.1 Å². The Labute approximate surface area is 108 Å². The van der Waals surface area contributed by atoms with Gasteiger partial charge in [-0.25, -0.2) is 0 Å². The minimum Gasteiger partial charge on any atom is -0.488 e. The van der Waals surface area contributed by atoms with Gasteiger partial charge in [-0.15, -0.1) is 0 Å². The number of Topliss-reactive ketones (excluding diaryl/α,β-unsaturated/α-hetero) is 1. The molecule has 0 fully saturated rings. The van der Waals surface area contributed by atoms with Gasteiger partial charge in [-0.2, -0.15) is 0 Å². The van der Waals surface area contributed by atoms with Crippen LogP contribution in [0, 0.1) is 0 Å². The number of benzene rings is 2. The standard InChI is InChI=1S/C16H18O2/c1-11(17)12-8-9-14-13(10-12)6-5-7-15(14)18-16(2,3)4/h5-10H,1-4H3. The molecule has 0 saturated heterocycles. The summed E-state index contributed by atoms with van der Waals surface area (Å²) in [4.78, 5) is 11.4. The van der Waals surface area contributed by atoms with E-state index in [1.54, 1.807) is 6.92 Å². The Morgan fingerprint density at radius 2 is 1.83 bits per heavy atom. The summed E-state index contributed by atoms with van der Waals surface area (Å²) >= 11 is 0. The van der Waals surface area contributed by atoms with E-state index in [1.807, 2.05) is 57.2 Å². The molecule has 0 aliphatic carbocycles. The van der Waals surface area contributed by atoms with Crippen LogP contribution in [-0.2, 0) is 0 Å². The fourth-order valence-corrected chi connectivity index (χ4v) is 1.89. The van der Waals surface area contributed by atoms with Crippen molar-refractivity contribution in [2.75, 3.05) is 0 Å². The first kappa shape index (κ1) is 12.6. The second-order valence-corrected chi connectivity index (χ2v) is 5.46. The zero-order chi connectivity index (χ0) is 13.3. The number of carbonyl (C=O) groups excluding carboxylic acids is 1. The van der Waals surface area contributed by atoms with Crippen molar-refractivity contribution in [2.24, 2.45) is 0 Å². The molecule has 2 aromatic rings. The van der Waals surface area contributed by atoms with Crippen molar-refractivity contribution in [3.63, 3.8) is 0 Å². The Balaban J connectivity index is 2.54. The Morgan fingerprint density at radius 1 is 1.11 bits per heavy atom. The molecule has 18 heavy (non-hydrogen) atoms. The third-order valence-corrected chi connectivity index (χ3v) is 2.66. The van der Waals surface area contributed by atoms with E-state index in [4.69, 9.17) is 4.74 Å². The summed E-state index contributed by atoms with van der Waals surface area (Å²) in [5.41, 5.74) is 0.503. The monoisotopic (exact) mass is 242 g/mol. The van der Waals surface area contributed by atoms with Crippen LogP contribution in [0.25, 0.3) is 10.8 Å². The van der Waals surface area contributed by atoms with Gasteiger partial charge in [0.15, 0.2) is 5.78 Å². The Kier molecular flexibility index (Phi) is 3.12. The summed E-state index contributed by atoms with van der Waals surface area (Å²) in [5.74, 6) is 0.939. The quantitative estimate of drug-likeness (QED) is 0.737. The zero-order valence-electron chi connectivity index (χ0n) is 11.3. The van der Waals surface area contributed by atoms with Gasteiger partial charge in [0.25, 0.3) is 0 Å². The maximum absolute atomic E-state index is 11.4. The summed E-state index contributed by atoms with van der Waals surface area (Å²) in [5, 5.41) is 2.07. The molecule has 0 aliphatic rings. The van der Waals surface area contributed by atoms with Gasteiger partial charge in [0.05, 0.1) is 0 Å². The van der Waals surface area contributed by atoms with E-state index in [2.05, 4.69) is 0 Å². The van der Waals surface area contributed by atoms with E-state index >= 15 is 0 Å². The molecular weight excluding hydrogens is 224 g/mol. The number of fused-ring (bicyclic) bond motifs is 1. The first-order valence-electron chi connectivity index (χ1n) is 6.09. The lowest BCUT2D eigenvalue weighted by Gasteiger charge is -2.22. The number of rotatable bonds is 2. The molecular formula is C16H18O2. The maximum atomic E-state index is 11.4. The Morgan fingerprint density at radius 3 is 2.44 bits per heavy atom. The van der Waals surface area contributed by atoms with Crippen LogP contribution in [0.15, 0.2) is 36.4 Å². The Bertz CT molecular complexity index is 592. The average Bonchev–Trinajstić information content (AvgIpc) is 2.26. The predicted octanol–water partition coefficient (Wildman–Crippen LogP) is 4.22. The SMILES string of the molecule is CC(=O)c1ccc2c(OC(C)(C)C)cccc2c1. The molecule has 0 heterocycles. The molecule has 0 amide bonds. The summed E-state index contributed by atoms with van der Waals surface area (Å²) < 4.78 is 5.93. The van der Waals surface area contributed by atoms with Crippen LogP contribution in [0.2, 0.25) is 0 Å². The normalized spacial score (nSPS) is 11.6. The number of ketones is 1. The smallest absolute Gasteiger partial charge is 0.159 e. The van der Waals surface area contributed by atoms with Crippen molar-refractivity contribution in [3.05, 3.63) is 42.0 Å². The van der Waals surface area contributed by atoms with Gasteiger partial charge in [-0.05, 0) is 51.3 Å². The van der Waals surface area contributed by atoms with E-state index in [0.29, 0.717) is 0 Å². The lowest BCUT2D eigenvalue weighted by atomic mass is 10.0. The van der Waals surface area contributed by atoms with Crippen molar-refractivity contribution >= 4 is 16.6 Å². The van der Waals surface area contributed by atoms with E-state index < -0.39 is 0 Å². The van der Waals surface area contributed by atoms with Crippen LogP contribution < -0.4 is 4.74 Å². The molecule has 0 spiro atoms. The van der Waals surface area contributed by atoms with Crippen molar-refractivity contribution in [1.82, 2.24) is 0 Å². The molecule has 2 nitrogen and oxygen atoms in total. The third-order valence-electron chi connectivity index (χ3n) is 2.66. The lowest BCUT2D eigenvalue weighted by molar-refractivity contribution is 0.101. The fourth-order valence-electron chi connectivity index (χ4n) is 1.89. The highest BCUT2D eigenvalue weighted by Gasteiger charge is 2.14. The van der Waals surface area contributed by atoms with Gasteiger partial charge in [0.1, 0.15) is 11.4 Å². The van der Waals surface area contributed by atoms with Gasteiger partial charge in [0, 0.05) is 10.9 Å². The fraction of sp³-hybridized carbons (Fsp3) is 0.312. The van der Waals surface area contributed by atoms with Crippen molar-refractivity contribution < 1.29 is 9.53 Å². The van der Waals surface area contributed by atoms with Crippen LogP contribution in [0.4, 0.5) is 0 Å². The molecule has 0 aromatic heterocycles. The molecule has 0 N–H and O–H groups in total. The van der Waals surface area contributed by atoms with Gasteiger partial charge >= 0.3 is 0 Å². The van der Waals surface area contributed by atoms with E-state index in [9.17, 15) is 4.79 Å². The molecule has 0 atom stereocenters. The Hall–Kier alpha value is -1.83. The minimum absolute atomic E-state index is 0.0824.